The summed E-state index contributed by atoms with van der Waals surface area (Å²) in [5, 5.41) is 14.3. The second-order valence-corrected chi connectivity index (χ2v) is 6.20. The average molecular weight is 393 g/mol. The molecule has 3 aromatic rings. The van der Waals surface area contributed by atoms with Gasteiger partial charge < -0.3 is 11.1 Å². The van der Waals surface area contributed by atoms with Gasteiger partial charge in [0.15, 0.2) is 5.69 Å². The van der Waals surface area contributed by atoms with Crippen LogP contribution in [0.3, 0.4) is 0 Å². The van der Waals surface area contributed by atoms with Gasteiger partial charge in [-0.2, -0.15) is 10.2 Å². The number of anilines is 1. The van der Waals surface area contributed by atoms with Crippen molar-refractivity contribution >= 4 is 40.7 Å². The van der Waals surface area contributed by atoms with E-state index in [2.05, 4.69) is 20.6 Å². The van der Waals surface area contributed by atoms with Crippen LogP contribution in [0.4, 0.5) is 5.69 Å². The molecule has 0 bridgehead atoms. The van der Waals surface area contributed by atoms with Crippen LogP contribution in [0.1, 0.15) is 27.9 Å². The number of aryl methyl sites for hydroxylation is 1. The maximum Gasteiger partial charge on any atom is 0.273 e. The number of rotatable bonds is 5. The Morgan fingerprint density at radius 1 is 1.31 bits per heavy atom. The third kappa shape index (κ3) is 3.56. The fourth-order valence-corrected chi connectivity index (χ4v) is 2.83. The van der Waals surface area contributed by atoms with Crippen LogP contribution in [-0.2, 0) is 6.54 Å². The molecule has 0 unspecified atom stereocenters. The number of halogens is 2. The van der Waals surface area contributed by atoms with E-state index in [-0.39, 0.29) is 17.1 Å². The van der Waals surface area contributed by atoms with Gasteiger partial charge in [0.1, 0.15) is 5.69 Å². The van der Waals surface area contributed by atoms with Gasteiger partial charge in [-0.3, -0.25) is 19.4 Å². The van der Waals surface area contributed by atoms with E-state index < -0.39 is 11.8 Å². The van der Waals surface area contributed by atoms with E-state index in [0.717, 1.165) is 0 Å². The number of hydrogen-bond acceptors (Lipinski definition) is 4. The first-order valence-electron chi connectivity index (χ1n) is 7.58. The Labute approximate surface area is 158 Å². The lowest BCUT2D eigenvalue weighted by molar-refractivity contribution is 0.0995. The number of nitrogens with two attached hydrogens (primary N) is 1. The lowest BCUT2D eigenvalue weighted by Gasteiger charge is -2.01. The first-order chi connectivity index (χ1) is 12.4. The van der Waals surface area contributed by atoms with Gasteiger partial charge in [-0.05, 0) is 31.2 Å². The van der Waals surface area contributed by atoms with E-state index in [1.165, 1.54) is 10.9 Å². The van der Waals surface area contributed by atoms with Crippen LogP contribution in [0.5, 0.6) is 0 Å². The van der Waals surface area contributed by atoms with E-state index in [9.17, 15) is 9.59 Å². The van der Waals surface area contributed by atoms with Crippen molar-refractivity contribution in [2.24, 2.45) is 5.73 Å². The van der Waals surface area contributed by atoms with E-state index in [1.54, 1.807) is 24.3 Å². The zero-order valence-corrected chi connectivity index (χ0v) is 15.1. The minimum absolute atomic E-state index is 0.0133. The Morgan fingerprint density at radius 2 is 2.08 bits per heavy atom. The van der Waals surface area contributed by atoms with Crippen LogP contribution in [0.2, 0.25) is 10.0 Å². The summed E-state index contributed by atoms with van der Waals surface area (Å²) < 4.78 is 1.50. The van der Waals surface area contributed by atoms with E-state index in [4.69, 9.17) is 28.9 Å². The van der Waals surface area contributed by atoms with Crippen molar-refractivity contribution < 1.29 is 9.59 Å². The fourth-order valence-electron chi connectivity index (χ4n) is 2.32. The number of H-pyrrole nitrogens is 1. The molecular formula is C16H14Cl2N6O2. The maximum atomic E-state index is 12.4. The quantitative estimate of drug-likeness (QED) is 0.618. The third-order valence-electron chi connectivity index (χ3n) is 3.60. The average Bonchev–Trinajstić information content (AvgIpc) is 3.21. The lowest BCUT2D eigenvalue weighted by Crippen LogP contribution is -2.18. The number of aromatic nitrogens is 4. The number of benzene rings is 1. The molecule has 8 nitrogen and oxygen atoms in total. The zero-order chi connectivity index (χ0) is 18.8. The fraction of sp³-hybridized carbons (Fsp3) is 0.125. The van der Waals surface area contributed by atoms with Gasteiger partial charge in [0.25, 0.3) is 11.8 Å². The van der Waals surface area contributed by atoms with Gasteiger partial charge in [-0.25, -0.2) is 0 Å². The summed E-state index contributed by atoms with van der Waals surface area (Å²) in [5.41, 5.74) is 6.80. The SMILES string of the molecule is CCn1cc(NC(=O)c2cc(-c3ccc(Cl)cc3Cl)n[nH]2)c(C(N)=O)n1. The van der Waals surface area contributed by atoms with Crippen molar-refractivity contribution in [2.45, 2.75) is 13.5 Å². The standard InChI is InChI=1S/C16H14Cl2N6O2/c1-2-24-7-13(14(23-24)15(19)25)20-16(26)12-6-11(21-22-12)9-4-3-8(17)5-10(9)18/h3-7H,2H2,1H3,(H2,19,25)(H,20,26)(H,21,22). The summed E-state index contributed by atoms with van der Waals surface area (Å²) in [5.74, 6) is -1.22. The smallest absolute Gasteiger partial charge is 0.273 e. The Morgan fingerprint density at radius 3 is 2.73 bits per heavy atom. The van der Waals surface area contributed by atoms with Crippen molar-refractivity contribution in [3.05, 3.63) is 51.9 Å². The summed E-state index contributed by atoms with van der Waals surface area (Å²) in [7, 11) is 0. The number of aromatic amines is 1. The van der Waals surface area contributed by atoms with Crippen LogP contribution in [0, 0.1) is 0 Å². The Balaban J connectivity index is 1.85. The second-order valence-electron chi connectivity index (χ2n) is 5.36. The molecule has 0 aliphatic carbocycles. The maximum absolute atomic E-state index is 12.4. The number of primary amides is 1. The van der Waals surface area contributed by atoms with Crippen LogP contribution < -0.4 is 11.1 Å². The molecule has 3 rings (SSSR count). The number of nitrogens with zero attached hydrogens (tertiary/aromatic N) is 3. The van der Waals surface area contributed by atoms with Crippen molar-refractivity contribution in [3.8, 4) is 11.3 Å². The summed E-state index contributed by atoms with van der Waals surface area (Å²) >= 11 is 12.0. The first kappa shape index (κ1) is 18.0. The minimum atomic E-state index is -0.731. The minimum Gasteiger partial charge on any atom is -0.364 e. The predicted molar refractivity (Wildman–Crippen MR) is 98.4 cm³/mol. The molecule has 10 heteroatoms. The van der Waals surface area contributed by atoms with Gasteiger partial charge in [0, 0.05) is 23.3 Å². The molecular weight excluding hydrogens is 379 g/mol. The number of hydrogen-bond donors (Lipinski definition) is 3. The van der Waals surface area contributed by atoms with Crippen molar-refractivity contribution in [2.75, 3.05) is 5.32 Å². The molecule has 0 radical (unpaired) electrons. The van der Waals surface area contributed by atoms with Gasteiger partial charge in [0.2, 0.25) is 0 Å². The normalized spacial score (nSPS) is 10.7. The van der Waals surface area contributed by atoms with E-state index in [0.29, 0.717) is 27.8 Å². The summed E-state index contributed by atoms with van der Waals surface area (Å²) in [6.07, 6.45) is 1.53. The highest BCUT2D eigenvalue weighted by molar-refractivity contribution is 6.36. The van der Waals surface area contributed by atoms with Crippen molar-refractivity contribution in [1.29, 1.82) is 0 Å². The van der Waals surface area contributed by atoms with Crippen molar-refractivity contribution in [1.82, 2.24) is 20.0 Å². The van der Waals surface area contributed by atoms with Crippen LogP contribution in [0.25, 0.3) is 11.3 Å². The second kappa shape index (κ2) is 7.19. The van der Waals surface area contributed by atoms with Gasteiger partial charge >= 0.3 is 0 Å². The van der Waals surface area contributed by atoms with E-state index in [1.807, 2.05) is 6.92 Å². The summed E-state index contributed by atoms with van der Waals surface area (Å²) in [6.45, 7) is 2.37. The molecule has 4 N–H and O–H groups in total. The Bertz CT molecular complexity index is 995. The first-order valence-corrected chi connectivity index (χ1v) is 8.34. The highest BCUT2D eigenvalue weighted by Gasteiger charge is 2.19. The molecule has 1 aromatic carbocycles. The largest absolute Gasteiger partial charge is 0.364 e. The molecule has 2 heterocycles. The highest BCUT2D eigenvalue weighted by Crippen LogP contribution is 2.29. The molecule has 26 heavy (non-hydrogen) atoms. The topological polar surface area (TPSA) is 119 Å². The number of amides is 2. The van der Waals surface area contributed by atoms with Crippen LogP contribution in [0.15, 0.2) is 30.5 Å². The summed E-state index contributed by atoms with van der Waals surface area (Å²) in [6, 6.07) is 6.51. The number of carbonyl (C=O) groups is 2. The molecule has 134 valence electrons. The Kier molecular flexibility index (Phi) is 4.97. The molecule has 2 amide bonds. The molecule has 0 fully saturated rings. The molecule has 0 saturated carbocycles. The van der Waals surface area contributed by atoms with Crippen LogP contribution >= 0.6 is 23.2 Å². The number of nitrogens with one attached hydrogen (secondary N) is 2. The van der Waals surface area contributed by atoms with Crippen molar-refractivity contribution in [3.63, 3.8) is 0 Å². The molecule has 0 aliphatic rings. The highest BCUT2D eigenvalue weighted by atomic mass is 35.5. The van der Waals surface area contributed by atoms with Gasteiger partial charge in [-0.1, -0.05) is 23.2 Å². The molecule has 2 aromatic heterocycles. The molecule has 0 aliphatic heterocycles. The third-order valence-corrected chi connectivity index (χ3v) is 4.14. The summed E-state index contributed by atoms with van der Waals surface area (Å²) in [4.78, 5) is 23.9. The molecule has 0 atom stereocenters. The lowest BCUT2D eigenvalue weighted by atomic mass is 10.1. The van der Waals surface area contributed by atoms with Gasteiger partial charge in [-0.15, -0.1) is 0 Å². The molecule has 0 spiro atoms. The van der Waals surface area contributed by atoms with Crippen LogP contribution in [-0.4, -0.2) is 31.8 Å². The molecule has 0 saturated heterocycles. The van der Waals surface area contributed by atoms with E-state index >= 15 is 0 Å². The van der Waals surface area contributed by atoms with Gasteiger partial charge in [0.05, 0.1) is 16.4 Å². The number of carbonyl (C=O) groups excluding carboxylic acids is 2. The monoisotopic (exact) mass is 392 g/mol. The zero-order valence-electron chi connectivity index (χ0n) is 13.6. The Hall–Kier alpha value is -2.84. The predicted octanol–water partition coefficient (Wildman–Crippen LogP) is 2.95.